The van der Waals surface area contributed by atoms with Crippen molar-refractivity contribution in [2.24, 2.45) is 0 Å². The minimum Gasteiger partial charge on any atom is -0.507 e. The number of benzene rings is 2. The highest BCUT2D eigenvalue weighted by Gasteiger charge is 2.19. The molecule has 6 nitrogen and oxygen atoms in total. The average Bonchev–Trinajstić information content (AvgIpc) is 2.60. The monoisotopic (exact) mass is 339 g/mol. The molecule has 0 saturated carbocycles. The number of hydrogen-bond donors (Lipinski definition) is 2. The smallest absolute Gasteiger partial charge is 0.270 e. The molecule has 0 amide bonds. The van der Waals surface area contributed by atoms with Crippen molar-refractivity contribution in [2.45, 2.75) is 5.16 Å². The van der Waals surface area contributed by atoms with Crippen molar-refractivity contribution >= 4 is 22.5 Å². The minimum absolute atomic E-state index is 0.0580. The van der Waals surface area contributed by atoms with E-state index in [0.717, 1.165) is 5.39 Å². The van der Waals surface area contributed by atoms with Crippen LogP contribution in [0.4, 0.5) is 0 Å². The zero-order chi connectivity index (χ0) is 17.3. The molecule has 0 aliphatic carbocycles. The predicted octanol–water partition coefficient (Wildman–Crippen LogP) is 2.90. The van der Waals surface area contributed by atoms with E-state index < -0.39 is 5.56 Å². The summed E-state index contributed by atoms with van der Waals surface area (Å²) in [5, 5.41) is 21.6. The molecule has 1 aromatic heterocycles. The molecule has 3 rings (SSSR count). The molecule has 0 radical (unpaired) electrons. The normalized spacial score (nSPS) is 10.5. The van der Waals surface area contributed by atoms with Gasteiger partial charge in [-0.3, -0.25) is 4.79 Å². The van der Waals surface area contributed by atoms with E-state index in [4.69, 9.17) is 4.74 Å². The van der Waals surface area contributed by atoms with Crippen molar-refractivity contribution in [3.8, 4) is 28.8 Å². The number of hydrogen-bond acceptors (Lipinski definition) is 6. The lowest BCUT2D eigenvalue weighted by Gasteiger charge is -2.12. The van der Waals surface area contributed by atoms with Crippen LogP contribution in [0.2, 0.25) is 0 Å². The average molecular weight is 339 g/mol. The Morgan fingerprint density at radius 3 is 2.75 bits per heavy atom. The molecule has 2 N–H and O–H groups in total. The van der Waals surface area contributed by atoms with Crippen LogP contribution in [0, 0.1) is 11.3 Å². The van der Waals surface area contributed by atoms with Crippen LogP contribution in [0.3, 0.4) is 0 Å². The molecule has 0 aliphatic heterocycles. The van der Waals surface area contributed by atoms with Crippen LogP contribution >= 0.6 is 11.8 Å². The fourth-order valence-corrected chi connectivity index (χ4v) is 2.87. The summed E-state index contributed by atoms with van der Waals surface area (Å²) in [5.41, 5.74) is -0.184. The van der Waals surface area contributed by atoms with Crippen LogP contribution < -0.4 is 10.3 Å². The molecule has 0 atom stereocenters. The number of methoxy groups -OCH3 is 1. The molecule has 24 heavy (non-hydrogen) atoms. The summed E-state index contributed by atoms with van der Waals surface area (Å²) in [6.45, 7) is 0. The molecule has 2 aromatic carbocycles. The van der Waals surface area contributed by atoms with Crippen molar-refractivity contribution in [3.05, 3.63) is 46.2 Å². The maximum atomic E-state index is 12.2. The SMILES string of the molecule is COc1ccc2ccc(O)c(-c3nc(SC)[nH]c(=O)c3C#N)c2c1. The van der Waals surface area contributed by atoms with E-state index in [-0.39, 0.29) is 17.0 Å². The molecule has 0 saturated heterocycles. The van der Waals surface area contributed by atoms with E-state index in [1.807, 2.05) is 12.1 Å². The first-order valence-electron chi connectivity index (χ1n) is 6.97. The number of ether oxygens (including phenoxy) is 1. The summed E-state index contributed by atoms with van der Waals surface area (Å²) in [5.74, 6) is 0.542. The highest BCUT2D eigenvalue weighted by atomic mass is 32.2. The highest BCUT2D eigenvalue weighted by molar-refractivity contribution is 7.98. The summed E-state index contributed by atoms with van der Waals surface area (Å²) in [4.78, 5) is 19.0. The number of nitriles is 1. The third kappa shape index (κ3) is 2.57. The van der Waals surface area contributed by atoms with Gasteiger partial charge in [-0.15, -0.1) is 0 Å². The molecule has 0 bridgehead atoms. The maximum Gasteiger partial charge on any atom is 0.270 e. The zero-order valence-corrected chi connectivity index (χ0v) is 13.8. The number of aromatic nitrogens is 2. The quantitative estimate of drug-likeness (QED) is 0.562. The van der Waals surface area contributed by atoms with Gasteiger partial charge in [-0.2, -0.15) is 5.26 Å². The van der Waals surface area contributed by atoms with Gasteiger partial charge in [0, 0.05) is 0 Å². The second-order valence-corrected chi connectivity index (χ2v) is 5.75. The predicted molar refractivity (Wildman–Crippen MR) is 92.5 cm³/mol. The van der Waals surface area contributed by atoms with Gasteiger partial charge in [-0.05, 0) is 35.2 Å². The van der Waals surface area contributed by atoms with Gasteiger partial charge in [-0.1, -0.05) is 23.9 Å². The Hall–Kier alpha value is -2.98. The van der Waals surface area contributed by atoms with Crippen molar-refractivity contribution in [3.63, 3.8) is 0 Å². The summed E-state index contributed by atoms with van der Waals surface area (Å²) < 4.78 is 5.24. The number of nitrogens with one attached hydrogen (secondary N) is 1. The van der Waals surface area contributed by atoms with Crippen molar-refractivity contribution < 1.29 is 9.84 Å². The van der Waals surface area contributed by atoms with Gasteiger partial charge in [0.25, 0.3) is 5.56 Å². The lowest BCUT2D eigenvalue weighted by molar-refractivity contribution is 0.415. The summed E-state index contributed by atoms with van der Waals surface area (Å²) >= 11 is 1.25. The van der Waals surface area contributed by atoms with E-state index in [9.17, 15) is 15.2 Å². The molecule has 1 heterocycles. The van der Waals surface area contributed by atoms with Crippen LogP contribution in [0.25, 0.3) is 22.0 Å². The van der Waals surface area contributed by atoms with Gasteiger partial charge in [0.15, 0.2) is 5.16 Å². The number of phenols is 1. The van der Waals surface area contributed by atoms with E-state index in [0.29, 0.717) is 21.9 Å². The third-order valence-electron chi connectivity index (χ3n) is 3.65. The zero-order valence-electron chi connectivity index (χ0n) is 13.0. The summed E-state index contributed by atoms with van der Waals surface area (Å²) in [7, 11) is 1.54. The lowest BCUT2D eigenvalue weighted by atomic mass is 9.98. The number of phenolic OH excluding ortho intramolecular Hbond substituents is 1. The standard InChI is InChI=1S/C17H13N3O3S/c1-23-10-5-3-9-4-6-13(21)14(11(9)7-10)15-12(8-18)16(22)20-17(19-15)24-2/h3-7,21H,1-2H3,(H,19,20,22). The molecule has 3 aromatic rings. The van der Waals surface area contributed by atoms with Gasteiger partial charge in [0.2, 0.25) is 0 Å². The Kier molecular flexibility index (Phi) is 4.15. The van der Waals surface area contributed by atoms with E-state index >= 15 is 0 Å². The number of thioether (sulfide) groups is 1. The van der Waals surface area contributed by atoms with Crippen molar-refractivity contribution in [1.82, 2.24) is 9.97 Å². The molecule has 0 fully saturated rings. The number of rotatable bonds is 3. The van der Waals surface area contributed by atoms with Gasteiger partial charge >= 0.3 is 0 Å². The van der Waals surface area contributed by atoms with Crippen LogP contribution in [-0.4, -0.2) is 28.4 Å². The molecule has 7 heteroatoms. The number of aromatic hydroxyl groups is 1. The summed E-state index contributed by atoms with van der Waals surface area (Å²) in [6.07, 6.45) is 1.76. The van der Waals surface area contributed by atoms with Crippen molar-refractivity contribution in [1.29, 1.82) is 5.26 Å². The Labute approximate surface area is 141 Å². The first kappa shape index (κ1) is 15.9. The Balaban J connectivity index is 2.46. The Morgan fingerprint density at radius 1 is 1.33 bits per heavy atom. The lowest BCUT2D eigenvalue weighted by Crippen LogP contribution is -2.14. The Bertz CT molecular complexity index is 1040. The van der Waals surface area contributed by atoms with E-state index in [2.05, 4.69) is 9.97 Å². The van der Waals surface area contributed by atoms with Crippen molar-refractivity contribution in [2.75, 3.05) is 13.4 Å². The van der Waals surface area contributed by atoms with Crippen LogP contribution in [0.15, 0.2) is 40.3 Å². The fourth-order valence-electron chi connectivity index (χ4n) is 2.50. The third-order valence-corrected chi connectivity index (χ3v) is 4.23. The van der Waals surface area contributed by atoms with Crippen LogP contribution in [0.1, 0.15) is 5.56 Å². The van der Waals surface area contributed by atoms with Gasteiger partial charge < -0.3 is 14.8 Å². The molecular weight excluding hydrogens is 326 g/mol. The Morgan fingerprint density at radius 2 is 2.08 bits per heavy atom. The number of nitrogens with zero attached hydrogens (tertiary/aromatic N) is 2. The topological polar surface area (TPSA) is 99.0 Å². The molecule has 0 aliphatic rings. The highest BCUT2D eigenvalue weighted by Crippen LogP contribution is 2.38. The largest absolute Gasteiger partial charge is 0.507 e. The molecular formula is C17H13N3O3S. The number of fused-ring (bicyclic) bond motifs is 1. The van der Waals surface area contributed by atoms with Crippen LogP contribution in [0.5, 0.6) is 11.5 Å². The number of aromatic amines is 1. The first-order chi connectivity index (χ1) is 11.6. The van der Waals surface area contributed by atoms with E-state index in [1.54, 1.807) is 31.6 Å². The van der Waals surface area contributed by atoms with Gasteiger partial charge in [0.05, 0.1) is 12.7 Å². The summed E-state index contributed by atoms with van der Waals surface area (Å²) in [6, 6.07) is 10.5. The first-order valence-corrected chi connectivity index (χ1v) is 8.20. The molecule has 0 spiro atoms. The maximum absolute atomic E-state index is 12.2. The van der Waals surface area contributed by atoms with E-state index in [1.165, 1.54) is 17.8 Å². The van der Waals surface area contributed by atoms with Gasteiger partial charge in [0.1, 0.15) is 28.8 Å². The molecule has 120 valence electrons. The second-order valence-electron chi connectivity index (χ2n) is 4.96. The molecule has 0 unspecified atom stereocenters. The fraction of sp³-hybridized carbons (Fsp3) is 0.118. The van der Waals surface area contributed by atoms with Gasteiger partial charge in [-0.25, -0.2) is 4.98 Å². The minimum atomic E-state index is -0.536. The second kappa shape index (κ2) is 6.26. The van der Waals surface area contributed by atoms with Crippen LogP contribution in [-0.2, 0) is 0 Å². The number of H-pyrrole nitrogens is 1.